The minimum Gasteiger partial charge on any atom is -0.481 e. The molecule has 1 aliphatic rings. The second-order valence-corrected chi connectivity index (χ2v) is 6.84. The Morgan fingerprint density at radius 2 is 2.00 bits per heavy atom. The Labute approximate surface area is 162 Å². The molecule has 2 heterocycles. The smallest absolute Gasteiger partial charge is 0.326 e. The summed E-state index contributed by atoms with van der Waals surface area (Å²) < 4.78 is 0. The molecule has 0 bridgehead atoms. The van der Waals surface area contributed by atoms with Crippen LogP contribution in [0.1, 0.15) is 41.4 Å². The maximum Gasteiger partial charge on any atom is 0.326 e. The Hall–Kier alpha value is -3.00. The lowest BCUT2D eigenvalue weighted by Gasteiger charge is -2.29. The van der Waals surface area contributed by atoms with E-state index in [9.17, 15) is 19.5 Å². The van der Waals surface area contributed by atoms with E-state index in [0.717, 1.165) is 30.8 Å². The van der Waals surface area contributed by atoms with Crippen molar-refractivity contribution in [3.05, 3.63) is 41.1 Å². The van der Waals surface area contributed by atoms with Gasteiger partial charge in [0.05, 0.1) is 11.1 Å². The highest BCUT2D eigenvalue weighted by atomic mass is 16.4. The monoisotopic (exact) mass is 385 g/mol. The summed E-state index contributed by atoms with van der Waals surface area (Å²) in [6, 6.07) is 6.02. The summed E-state index contributed by atoms with van der Waals surface area (Å²) >= 11 is 0. The van der Waals surface area contributed by atoms with Crippen molar-refractivity contribution >= 4 is 28.7 Å². The summed E-state index contributed by atoms with van der Waals surface area (Å²) in [7, 11) is 0. The quantitative estimate of drug-likeness (QED) is 0.663. The van der Waals surface area contributed by atoms with E-state index >= 15 is 0 Å². The van der Waals surface area contributed by atoms with Crippen molar-refractivity contribution in [1.29, 1.82) is 0 Å². The fourth-order valence-electron chi connectivity index (χ4n) is 3.53. The summed E-state index contributed by atoms with van der Waals surface area (Å²) in [6.07, 6.45) is 0.203. The minimum atomic E-state index is -1.27. The second-order valence-electron chi connectivity index (χ2n) is 6.84. The van der Waals surface area contributed by atoms with Gasteiger partial charge in [-0.15, -0.1) is 0 Å². The van der Waals surface area contributed by atoms with Gasteiger partial charge >= 0.3 is 11.9 Å². The van der Waals surface area contributed by atoms with Gasteiger partial charge in [-0.3, -0.25) is 19.5 Å². The molecule has 2 aromatic rings. The number of nitrogens with zero attached hydrogens (tertiary/aromatic N) is 2. The van der Waals surface area contributed by atoms with Gasteiger partial charge in [-0.2, -0.15) is 0 Å². The molecule has 0 fully saturated rings. The molecule has 3 N–H and O–H groups in total. The Morgan fingerprint density at radius 1 is 1.25 bits per heavy atom. The van der Waals surface area contributed by atoms with Gasteiger partial charge in [-0.1, -0.05) is 25.1 Å². The number of hydrogen-bond donors (Lipinski definition) is 3. The van der Waals surface area contributed by atoms with Gasteiger partial charge in [0, 0.05) is 42.6 Å². The maximum absolute atomic E-state index is 13.1. The molecule has 8 nitrogen and oxygen atoms in total. The highest BCUT2D eigenvalue weighted by Gasteiger charge is 2.28. The molecule has 3 rings (SSSR count). The van der Waals surface area contributed by atoms with Crippen molar-refractivity contribution in [2.75, 3.05) is 13.1 Å². The number of aromatic nitrogens is 1. The van der Waals surface area contributed by atoms with Gasteiger partial charge < -0.3 is 15.5 Å². The third-order valence-corrected chi connectivity index (χ3v) is 5.05. The summed E-state index contributed by atoms with van der Waals surface area (Å²) in [6.45, 7) is 4.31. The zero-order chi connectivity index (χ0) is 20.3. The van der Waals surface area contributed by atoms with Crippen LogP contribution in [0.4, 0.5) is 0 Å². The lowest BCUT2D eigenvalue weighted by molar-refractivity contribution is -0.140. The minimum absolute atomic E-state index is 0.178. The van der Waals surface area contributed by atoms with Crippen molar-refractivity contribution in [3.8, 4) is 0 Å². The van der Waals surface area contributed by atoms with Gasteiger partial charge in [-0.05, 0) is 19.0 Å². The van der Waals surface area contributed by atoms with E-state index < -0.39 is 23.9 Å². The Bertz CT molecular complexity index is 927. The molecule has 148 valence electrons. The molecule has 1 aromatic carbocycles. The average Bonchev–Trinajstić information content (AvgIpc) is 2.68. The van der Waals surface area contributed by atoms with Crippen molar-refractivity contribution < 1.29 is 24.6 Å². The molecule has 1 atom stereocenters. The lowest BCUT2D eigenvalue weighted by atomic mass is 9.95. The number of carboxylic acid groups (broad SMARTS) is 2. The van der Waals surface area contributed by atoms with Gasteiger partial charge in [0.2, 0.25) is 0 Å². The van der Waals surface area contributed by atoms with Crippen LogP contribution in [0.25, 0.3) is 10.9 Å². The first kappa shape index (κ1) is 19.8. The molecule has 1 amide bonds. The predicted molar refractivity (Wildman–Crippen MR) is 102 cm³/mol. The van der Waals surface area contributed by atoms with E-state index in [-0.39, 0.29) is 12.8 Å². The van der Waals surface area contributed by atoms with Crippen LogP contribution < -0.4 is 5.32 Å². The lowest BCUT2D eigenvalue weighted by Crippen LogP contribution is -2.42. The van der Waals surface area contributed by atoms with Crippen LogP contribution in [0.3, 0.4) is 0 Å². The highest BCUT2D eigenvalue weighted by Crippen LogP contribution is 2.28. The first-order chi connectivity index (χ1) is 13.4. The Kier molecular flexibility index (Phi) is 5.89. The molecule has 0 radical (unpaired) electrons. The van der Waals surface area contributed by atoms with E-state index in [1.165, 1.54) is 0 Å². The molecule has 0 saturated heterocycles. The number of para-hydroxylation sites is 1. The largest absolute Gasteiger partial charge is 0.481 e. The Morgan fingerprint density at radius 3 is 2.68 bits per heavy atom. The topological polar surface area (TPSA) is 120 Å². The number of likely N-dealkylation sites (N-methyl/N-ethyl adjacent to an activating group) is 1. The van der Waals surface area contributed by atoms with Crippen LogP contribution >= 0.6 is 0 Å². The molecule has 0 saturated carbocycles. The number of carbonyl (C=O) groups excluding carboxylic acids is 1. The molecular weight excluding hydrogens is 362 g/mol. The normalized spacial score (nSPS) is 15.0. The zero-order valence-corrected chi connectivity index (χ0v) is 15.6. The number of rotatable bonds is 7. The second kappa shape index (κ2) is 8.35. The number of carbonyl (C=O) groups is 3. The first-order valence-corrected chi connectivity index (χ1v) is 9.29. The van der Waals surface area contributed by atoms with Crippen LogP contribution in [-0.2, 0) is 22.6 Å². The van der Waals surface area contributed by atoms with Crippen LogP contribution in [-0.4, -0.2) is 57.1 Å². The third kappa shape index (κ3) is 4.12. The summed E-state index contributed by atoms with van der Waals surface area (Å²) in [5.41, 5.74) is 2.78. The molecule has 0 spiro atoms. The fraction of sp³-hybridized carbons (Fsp3) is 0.400. The molecule has 28 heavy (non-hydrogen) atoms. The van der Waals surface area contributed by atoms with Crippen molar-refractivity contribution in [3.63, 3.8) is 0 Å². The van der Waals surface area contributed by atoms with E-state index in [0.29, 0.717) is 23.0 Å². The Balaban J connectivity index is 2.01. The van der Waals surface area contributed by atoms with Crippen molar-refractivity contribution in [2.45, 2.75) is 38.8 Å². The fourth-order valence-corrected chi connectivity index (χ4v) is 3.53. The number of carboxylic acids is 2. The van der Waals surface area contributed by atoms with E-state index in [1.54, 1.807) is 6.07 Å². The average molecular weight is 385 g/mol. The molecule has 1 aromatic heterocycles. The molecular formula is C20H23N3O5. The number of aliphatic carboxylic acids is 2. The van der Waals surface area contributed by atoms with E-state index in [2.05, 4.69) is 10.2 Å². The summed E-state index contributed by atoms with van der Waals surface area (Å²) in [5, 5.41) is 21.4. The van der Waals surface area contributed by atoms with Crippen molar-refractivity contribution in [2.24, 2.45) is 0 Å². The molecule has 0 unspecified atom stereocenters. The number of benzene rings is 1. The molecule has 0 aliphatic carbocycles. The van der Waals surface area contributed by atoms with Crippen LogP contribution in [0.5, 0.6) is 0 Å². The van der Waals surface area contributed by atoms with Gasteiger partial charge in [0.25, 0.3) is 5.91 Å². The maximum atomic E-state index is 13.1. The third-order valence-electron chi connectivity index (χ3n) is 5.05. The predicted octanol–water partition coefficient (Wildman–Crippen LogP) is 1.66. The molecule has 1 aliphatic heterocycles. The van der Waals surface area contributed by atoms with Crippen LogP contribution in [0, 0.1) is 0 Å². The first-order valence-electron chi connectivity index (χ1n) is 9.29. The number of amides is 1. The number of nitrogens with one attached hydrogen (secondary N) is 1. The zero-order valence-electron chi connectivity index (χ0n) is 15.6. The van der Waals surface area contributed by atoms with E-state index in [1.807, 2.05) is 25.1 Å². The van der Waals surface area contributed by atoms with Gasteiger partial charge in [-0.25, -0.2) is 4.79 Å². The highest BCUT2D eigenvalue weighted by molar-refractivity contribution is 6.08. The standard InChI is InChI=1S/C20H23N3O5/c1-2-23-10-9-15-13(11-23)18(12-5-3-4-6-14(12)21-15)19(26)22-16(20(27)28)7-8-17(24)25/h3-6,16H,2,7-11H2,1H3,(H,22,26)(H,24,25)(H,27,28)/t16-/m0/s1. The molecule has 8 heteroatoms. The van der Waals surface area contributed by atoms with Crippen LogP contribution in [0.2, 0.25) is 0 Å². The summed E-state index contributed by atoms with van der Waals surface area (Å²) in [5.74, 6) is -2.87. The van der Waals surface area contributed by atoms with Crippen molar-refractivity contribution in [1.82, 2.24) is 15.2 Å². The number of fused-ring (bicyclic) bond motifs is 2. The number of pyridine rings is 1. The van der Waals surface area contributed by atoms with Gasteiger partial charge in [0.1, 0.15) is 6.04 Å². The summed E-state index contributed by atoms with van der Waals surface area (Å²) in [4.78, 5) is 42.3. The SMILES string of the molecule is CCN1CCc2nc3ccccc3c(C(=O)N[C@@H](CCC(=O)O)C(=O)O)c2C1. The van der Waals surface area contributed by atoms with E-state index in [4.69, 9.17) is 10.1 Å². The number of hydrogen-bond acceptors (Lipinski definition) is 5. The van der Waals surface area contributed by atoms with Gasteiger partial charge in [0.15, 0.2) is 0 Å². The van der Waals surface area contributed by atoms with Crippen LogP contribution in [0.15, 0.2) is 24.3 Å².